The van der Waals surface area contributed by atoms with Gasteiger partial charge in [0.1, 0.15) is 0 Å². The number of hydrogen-bond acceptors (Lipinski definition) is 3. The lowest BCUT2D eigenvalue weighted by atomic mass is 10.3. The van der Waals surface area contributed by atoms with Gasteiger partial charge in [-0.3, -0.25) is 0 Å². The number of thiocarbonyl (C=S) groups is 1. The van der Waals surface area contributed by atoms with Crippen LogP contribution in [0.2, 0.25) is 0 Å². The largest absolute Gasteiger partial charge is 0.366 e. The highest BCUT2D eigenvalue weighted by Crippen LogP contribution is 2.17. The average Bonchev–Trinajstić information content (AvgIpc) is 2.29. The minimum absolute atomic E-state index is 0.228. The van der Waals surface area contributed by atoms with Crippen LogP contribution >= 0.6 is 12.2 Å². The summed E-state index contributed by atoms with van der Waals surface area (Å²) in [5.74, 6) is 0. The van der Waals surface area contributed by atoms with Crippen molar-refractivity contribution in [3.05, 3.63) is 24.3 Å². The topological polar surface area (TPSA) is 61.4 Å². The number of nitrogens with one attached hydrogen (secondary N) is 2. The lowest BCUT2D eigenvalue weighted by molar-refractivity contribution is 0.521. The summed E-state index contributed by atoms with van der Waals surface area (Å²) in [7, 11) is 1.27. The Labute approximate surface area is 107 Å². The summed E-state index contributed by atoms with van der Waals surface area (Å²) in [5, 5.41) is 6.07. The SMILES string of the molecule is CNC(=S)Nc1cccc(S(=O)(=O)N(C)C)c1. The van der Waals surface area contributed by atoms with Crippen LogP contribution in [0.5, 0.6) is 0 Å². The van der Waals surface area contributed by atoms with Gasteiger partial charge in [-0.15, -0.1) is 0 Å². The summed E-state index contributed by atoms with van der Waals surface area (Å²) in [6.45, 7) is 0. The van der Waals surface area contributed by atoms with Crippen molar-refractivity contribution in [1.82, 2.24) is 9.62 Å². The van der Waals surface area contributed by atoms with Crippen LogP contribution in [0.1, 0.15) is 0 Å². The molecule has 1 aromatic rings. The van der Waals surface area contributed by atoms with Crippen LogP contribution in [0.25, 0.3) is 0 Å². The molecule has 0 amide bonds. The van der Waals surface area contributed by atoms with Crippen LogP contribution in [0.4, 0.5) is 5.69 Å². The van der Waals surface area contributed by atoms with Gasteiger partial charge in [0.2, 0.25) is 10.0 Å². The Kier molecular flexibility index (Phi) is 4.44. The molecule has 0 heterocycles. The van der Waals surface area contributed by atoms with Gasteiger partial charge in [0.25, 0.3) is 0 Å². The molecule has 0 saturated carbocycles. The summed E-state index contributed by atoms with van der Waals surface area (Å²) in [4.78, 5) is 0.228. The second-order valence-electron chi connectivity index (χ2n) is 3.52. The molecule has 1 aromatic carbocycles. The number of hydrogen-bond donors (Lipinski definition) is 2. The Bertz CT molecular complexity index is 512. The van der Waals surface area contributed by atoms with Gasteiger partial charge in [0.15, 0.2) is 5.11 Å². The smallest absolute Gasteiger partial charge is 0.242 e. The van der Waals surface area contributed by atoms with E-state index < -0.39 is 10.0 Å². The molecule has 17 heavy (non-hydrogen) atoms. The zero-order chi connectivity index (χ0) is 13.1. The summed E-state index contributed by atoms with van der Waals surface area (Å²) in [5.41, 5.74) is 0.632. The first-order chi connectivity index (χ1) is 7.87. The summed E-state index contributed by atoms with van der Waals surface area (Å²) in [6, 6.07) is 6.50. The van der Waals surface area contributed by atoms with E-state index in [4.69, 9.17) is 12.2 Å². The van der Waals surface area contributed by atoms with Gasteiger partial charge in [-0.05, 0) is 30.4 Å². The second kappa shape index (κ2) is 5.44. The monoisotopic (exact) mass is 273 g/mol. The first kappa shape index (κ1) is 13.9. The van der Waals surface area contributed by atoms with Crippen LogP contribution in [-0.4, -0.2) is 39.0 Å². The van der Waals surface area contributed by atoms with E-state index in [2.05, 4.69) is 10.6 Å². The summed E-state index contributed by atoms with van der Waals surface area (Å²) in [6.07, 6.45) is 0. The van der Waals surface area contributed by atoms with Crippen LogP contribution in [0.15, 0.2) is 29.2 Å². The molecule has 0 aliphatic carbocycles. The maximum absolute atomic E-state index is 11.9. The van der Waals surface area contributed by atoms with Crippen molar-refractivity contribution in [3.8, 4) is 0 Å². The van der Waals surface area contributed by atoms with Gasteiger partial charge >= 0.3 is 0 Å². The molecule has 0 bridgehead atoms. The van der Waals surface area contributed by atoms with Gasteiger partial charge < -0.3 is 10.6 Å². The van der Waals surface area contributed by atoms with Crippen molar-refractivity contribution >= 4 is 33.0 Å². The molecule has 7 heteroatoms. The lowest BCUT2D eigenvalue weighted by Crippen LogP contribution is -2.25. The van der Waals surface area contributed by atoms with Gasteiger partial charge in [-0.2, -0.15) is 0 Å². The fraction of sp³-hybridized carbons (Fsp3) is 0.300. The third-order valence-corrected chi connectivity index (χ3v) is 4.21. The van der Waals surface area contributed by atoms with Gasteiger partial charge in [0.05, 0.1) is 4.90 Å². The predicted octanol–water partition coefficient (Wildman–Crippen LogP) is 0.853. The van der Waals surface area contributed by atoms with Gasteiger partial charge in [0, 0.05) is 26.8 Å². The molecule has 0 atom stereocenters. The number of benzene rings is 1. The molecular weight excluding hydrogens is 258 g/mol. The zero-order valence-corrected chi connectivity index (χ0v) is 11.5. The quantitative estimate of drug-likeness (QED) is 0.800. The zero-order valence-electron chi connectivity index (χ0n) is 9.89. The Hall–Kier alpha value is -1.18. The summed E-state index contributed by atoms with van der Waals surface area (Å²) < 4.78 is 24.9. The maximum Gasteiger partial charge on any atom is 0.242 e. The highest BCUT2D eigenvalue weighted by molar-refractivity contribution is 7.89. The van der Waals surface area contributed by atoms with Crippen LogP contribution in [0, 0.1) is 0 Å². The molecule has 0 unspecified atom stereocenters. The van der Waals surface area contributed by atoms with E-state index in [0.717, 1.165) is 0 Å². The first-order valence-electron chi connectivity index (χ1n) is 4.89. The molecule has 0 aromatic heterocycles. The molecule has 5 nitrogen and oxygen atoms in total. The van der Waals surface area contributed by atoms with Crippen molar-refractivity contribution in [2.24, 2.45) is 0 Å². The summed E-state index contributed by atoms with van der Waals surface area (Å²) >= 11 is 4.94. The highest BCUT2D eigenvalue weighted by atomic mass is 32.2. The van der Waals surface area contributed by atoms with Crippen molar-refractivity contribution in [3.63, 3.8) is 0 Å². The minimum atomic E-state index is -3.41. The number of anilines is 1. The predicted molar refractivity (Wildman–Crippen MR) is 72.6 cm³/mol. The van der Waals surface area contributed by atoms with Crippen molar-refractivity contribution in [2.75, 3.05) is 26.5 Å². The molecule has 94 valence electrons. The average molecular weight is 273 g/mol. The fourth-order valence-electron chi connectivity index (χ4n) is 1.14. The number of sulfonamides is 1. The van der Waals surface area contributed by atoms with Crippen molar-refractivity contribution in [1.29, 1.82) is 0 Å². The standard InChI is InChI=1S/C10H15N3O2S2/c1-11-10(16)12-8-5-4-6-9(7-8)17(14,15)13(2)3/h4-7H,1-3H3,(H2,11,12,16). The molecule has 0 saturated heterocycles. The van der Waals surface area contributed by atoms with E-state index in [-0.39, 0.29) is 4.90 Å². The van der Waals surface area contributed by atoms with Crippen molar-refractivity contribution in [2.45, 2.75) is 4.90 Å². The highest BCUT2D eigenvalue weighted by Gasteiger charge is 2.17. The maximum atomic E-state index is 11.9. The van der Waals surface area contributed by atoms with Crippen LogP contribution in [0.3, 0.4) is 0 Å². The fourth-order valence-corrected chi connectivity index (χ4v) is 2.20. The first-order valence-corrected chi connectivity index (χ1v) is 6.74. The molecule has 0 radical (unpaired) electrons. The Morgan fingerprint density at radius 2 is 2.00 bits per heavy atom. The number of nitrogens with zero attached hydrogens (tertiary/aromatic N) is 1. The van der Waals surface area contributed by atoms with Crippen LogP contribution in [-0.2, 0) is 10.0 Å². The Balaban J connectivity index is 3.06. The van der Waals surface area contributed by atoms with E-state index in [1.807, 2.05) is 0 Å². The van der Waals surface area contributed by atoms with Gasteiger partial charge in [-0.25, -0.2) is 12.7 Å². The molecule has 2 N–H and O–H groups in total. The Morgan fingerprint density at radius 3 is 2.53 bits per heavy atom. The van der Waals surface area contributed by atoms with E-state index in [1.165, 1.54) is 18.4 Å². The molecule has 1 rings (SSSR count). The molecule has 0 aliphatic rings. The Morgan fingerprint density at radius 1 is 1.35 bits per heavy atom. The molecule has 0 spiro atoms. The molecule has 0 aliphatic heterocycles. The third kappa shape index (κ3) is 3.39. The van der Waals surface area contributed by atoms with E-state index in [0.29, 0.717) is 10.8 Å². The third-order valence-electron chi connectivity index (χ3n) is 2.10. The van der Waals surface area contributed by atoms with E-state index in [9.17, 15) is 8.42 Å². The minimum Gasteiger partial charge on any atom is -0.366 e. The number of rotatable bonds is 3. The van der Waals surface area contributed by atoms with E-state index >= 15 is 0 Å². The normalized spacial score (nSPS) is 11.3. The second-order valence-corrected chi connectivity index (χ2v) is 6.08. The lowest BCUT2D eigenvalue weighted by Gasteiger charge is -2.13. The molecular formula is C10H15N3O2S2. The van der Waals surface area contributed by atoms with Crippen molar-refractivity contribution < 1.29 is 8.42 Å². The molecule has 0 fully saturated rings. The van der Waals surface area contributed by atoms with Gasteiger partial charge in [-0.1, -0.05) is 6.07 Å². The van der Waals surface area contributed by atoms with Crippen LogP contribution < -0.4 is 10.6 Å². The van der Waals surface area contributed by atoms with E-state index in [1.54, 1.807) is 31.3 Å².